The molecule has 88 valence electrons. The van der Waals surface area contributed by atoms with Crippen LogP contribution in [0.15, 0.2) is 0 Å². The molecule has 0 bridgehead atoms. The van der Waals surface area contributed by atoms with E-state index in [1.807, 2.05) is 0 Å². The van der Waals surface area contributed by atoms with Crippen molar-refractivity contribution in [1.82, 2.24) is 10.9 Å². The maximum Gasteiger partial charge on any atom is 0.326 e. The van der Waals surface area contributed by atoms with Crippen molar-refractivity contribution >= 4 is 6.03 Å². The lowest BCUT2D eigenvalue weighted by Gasteiger charge is -2.37. The van der Waals surface area contributed by atoms with Crippen molar-refractivity contribution < 1.29 is 4.79 Å². The average Bonchev–Trinajstić information content (AvgIpc) is 2.14. The second-order valence-electron chi connectivity index (χ2n) is 5.07. The predicted molar refractivity (Wildman–Crippen MR) is 61.0 cm³/mol. The van der Waals surface area contributed by atoms with E-state index < -0.39 is 6.03 Å². The van der Waals surface area contributed by atoms with Crippen LogP contribution in [0.3, 0.4) is 0 Å². The molecule has 0 saturated heterocycles. The van der Waals surface area contributed by atoms with Gasteiger partial charge in [0.15, 0.2) is 0 Å². The molecule has 0 unspecified atom stereocenters. The van der Waals surface area contributed by atoms with Crippen LogP contribution < -0.4 is 16.6 Å². The third kappa shape index (κ3) is 3.70. The zero-order valence-electron chi connectivity index (χ0n) is 9.92. The highest BCUT2D eigenvalue weighted by Gasteiger charge is 2.30. The van der Waals surface area contributed by atoms with Gasteiger partial charge in [-0.3, -0.25) is 5.43 Å². The zero-order valence-corrected chi connectivity index (χ0v) is 9.92. The number of urea groups is 1. The normalized spacial score (nSPS) is 31.6. The molecule has 1 saturated carbocycles. The molecular formula is C11H23N3O. The molecule has 0 aromatic carbocycles. The fraction of sp³-hybridized carbons (Fsp3) is 0.909. The second-order valence-corrected chi connectivity index (χ2v) is 5.07. The Hall–Kier alpha value is -0.770. The van der Waals surface area contributed by atoms with E-state index in [0.717, 1.165) is 12.3 Å². The van der Waals surface area contributed by atoms with Gasteiger partial charge in [0.2, 0.25) is 0 Å². The van der Waals surface area contributed by atoms with Crippen molar-refractivity contribution in [1.29, 1.82) is 0 Å². The Morgan fingerprint density at radius 1 is 1.40 bits per heavy atom. The highest BCUT2D eigenvalue weighted by molar-refractivity contribution is 5.70. The van der Waals surface area contributed by atoms with Crippen LogP contribution in [0, 0.1) is 17.8 Å². The highest BCUT2D eigenvalue weighted by atomic mass is 16.2. The topological polar surface area (TPSA) is 67.2 Å². The van der Waals surface area contributed by atoms with E-state index in [1.54, 1.807) is 0 Å². The Balaban J connectivity index is 2.50. The van der Waals surface area contributed by atoms with Crippen molar-refractivity contribution in [2.24, 2.45) is 23.5 Å². The van der Waals surface area contributed by atoms with Crippen LogP contribution in [-0.4, -0.2) is 12.1 Å². The smallest absolute Gasteiger partial charge is 0.326 e. The maximum atomic E-state index is 10.6. The van der Waals surface area contributed by atoms with Crippen molar-refractivity contribution in [3.8, 4) is 0 Å². The Kier molecular flexibility index (Phi) is 4.39. The Labute approximate surface area is 92.0 Å². The van der Waals surface area contributed by atoms with Crippen LogP contribution in [0.1, 0.15) is 40.0 Å². The summed E-state index contributed by atoms with van der Waals surface area (Å²) in [5, 5.41) is 0. The molecule has 0 heterocycles. The molecule has 4 N–H and O–H groups in total. The molecule has 0 aliphatic heterocycles. The number of hydrogen-bond acceptors (Lipinski definition) is 2. The number of carbonyl (C=O) groups is 1. The van der Waals surface area contributed by atoms with Crippen molar-refractivity contribution in [2.45, 2.75) is 46.1 Å². The highest BCUT2D eigenvalue weighted by Crippen LogP contribution is 2.33. The summed E-state index contributed by atoms with van der Waals surface area (Å²) < 4.78 is 0. The molecule has 2 amide bonds. The minimum atomic E-state index is -0.504. The Bertz CT molecular complexity index is 218. The lowest BCUT2D eigenvalue weighted by molar-refractivity contribution is 0.158. The predicted octanol–water partition coefficient (Wildman–Crippen LogP) is 1.62. The fourth-order valence-corrected chi connectivity index (χ4v) is 2.53. The summed E-state index contributed by atoms with van der Waals surface area (Å²) >= 11 is 0. The van der Waals surface area contributed by atoms with Gasteiger partial charge >= 0.3 is 6.03 Å². The minimum absolute atomic E-state index is 0.362. The lowest BCUT2D eigenvalue weighted by Crippen LogP contribution is -2.52. The number of hydrazine groups is 1. The second kappa shape index (κ2) is 5.35. The van der Waals surface area contributed by atoms with Crippen LogP contribution >= 0.6 is 0 Å². The monoisotopic (exact) mass is 213 g/mol. The van der Waals surface area contributed by atoms with Crippen LogP contribution in [-0.2, 0) is 0 Å². The molecule has 0 aromatic rings. The summed E-state index contributed by atoms with van der Waals surface area (Å²) in [5.74, 6) is 2.00. The SMILES string of the molecule is CC(C)[C@@H]1CC[C@H](C)C[C@H]1NNC(N)=O. The third-order valence-electron chi connectivity index (χ3n) is 3.40. The van der Waals surface area contributed by atoms with Crippen molar-refractivity contribution in [3.05, 3.63) is 0 Å². The number of primary amides is 1. The van der Waals surface area contributed by atoms with E-state index in [-0.39, 0.29) is 0 Å². The van der Waals surface area contributed by atoms with Gasteiger partial charge in [-0.1, -0.05) is 27.2 Å². The molecular weight excluding hydrogens is 190 g/mol. The van der Waals surface area contributed by atoms with E-state index in [2.05, 4.69) is 31.6 Å². The molecule has 4 heteroatoms. The third-order valence-corrected chi connectivity index (χ3v) is 3.40. The summed E-state index contributed by atoms with van der Waals surface area (Å²) in [6.07, 6.45) is 3.64. The summed E-state index contributed by atoms with van der Waals surface area (Å²) in [6, 6.07) is -0.142. The van der Waals surface area contributed by atoms with E-state index in [0.29, 0.717) is 17.9 Å². The number of rotatable bonds is 3. The van der Waals surface area contributed by atoms with Gasteiger partial charge in [-0.15, -0.1) is 0 Å². The number of carbonyl (C=O) groups excluding carboxylic acids is 1. The van der Waals surface area contributed by atoms with E-state index in [1.165, 1.54) is 12.8 Å². The van der Waals surface area contributed by atoms with Gasteiger partial charge in [0, 0.05) is 6.04 Å². The van der Waals surface area contributed by atoms with Gasteiger partial charge in [-0.25, -0.2) is 10.2 Å². The largest absolute Gasteiger partial charge is 0.351 e. The first kappa shape index (κ1) is 12.3. The summed E-state index contributed by atoms with van der Waals surface area (Å²) in [4.78, 5) is 10.6. The molecule has 1 rings (SSSR count). The van der Waals surface area contributed by atoms with Crippen LogP contribution in [0.5, 0.6) is 0 Å². The van der Waals surface area contributed by atoms with Crippen molar-refractivity contribution in [2.75, 3.05) is 0 Å². The zero-order chi connectivity index (χ0) is 11.4. The number of nitrogens with one attached hydrogen (secondary N) is 2. The van der Waals surface area contributed by atoms with Crippen LogP contribution in [0.25, 0.3) is 0 Å². The molecule has 0 aromatic heterocycles. The summed E-state index contributed by atoms with van der Waals surface area (Å²) in [6.45, 7) is 6.73. The number of amides is 2. The van der Waals surface area contributed by atoms with Crippen LogP contribution in [0.4, 0.5) is 4.79 Å². The van der Waals surface area contributed by atoms with E-state index >= 15 is 0 Å². The fourth-order valence-electron chi connectivity index (χ4n) is 2.53. The lowest BCUT2D eigenvalue weighted by atomic mass is 9.74. The molecule has 3 atom stereocenters. The summed E-state index contributed by atoms with van der Waals surface area (Å²) in [7, 11) is 0. The van der Waals surface area contributed by atoms with Crippen molar-refractivity contribution in [3.63, 3.8) is 0 Å². The molecule has 1 aliphatic rings. The first-order valence-electron chi connectivity index (χ1n) is 5.81. The van der Waals surface area contributed by atoms with Gasteiger partial charge in [-0.2, -0.15) is 0 Å². The first-order chi connectivity index (χ1) is 7.00. The van der Waals surface area contributed by atoms with E-state index in [9.17, 15) is 4.79 Å². The summed E-state index contributed by atoms with van der Waals surface area (Å²) in [5.41, 5.74) is 10.6. The Morgan fingerprint density at radius 3 is 2.60 bits per heavy atom. The van der Waals surface area contributed by atoms with Crippen LogP contribution in [0.2, 0.25) is 0 Å². The molecule has 0 spiro atoms. The first-order valence-corrected chi connectivity index (χ1v) is 5.81. The van der Waals surface area contributed by atoms with Gasteiger partial charge < -0.3 is 5.73 Å². The number of hydrogen-bond donors (Lipinski definition) is 3. The Morgan fingerprint density at radius 2 is 2.07 bits per heavy atom. The minimum Gasteiger partial charge on any atom is -0.351 e. The molecule has 0 radical (unpaired) electrons. The standard InChI is InChI=1S/C11H23N3O/c1-7(2)9-5-4-8(3)6-10(9)13-14-11(12)15/h7-10,13H,4-6H2,1-3H3,(H3,12,14,15)/t8-,9-,10+/m0/s1. The molecule has 15 heavy (non-hydrogen) atoms. The van der Waals surface area contributed by atoms with E-state index in [4.69, 9.17) is 5.73 Å². The average molecular weight is 213 g/mol. The maximum absolute atomic E-state index is 10.6. The quantitative estimate of drug-likeness (QED) is 0.624. The molecule has 1 fully saturated rings. The van der Waals surface area contributed by atoms with Gasteiger partial charge in [0.1, 0.15) is 0 Å². The number of nitrogens with two attached hydrogens (primary N) is 1. The molecule has 1 aliphatic carbocycles. The molecule has 4 nitrogen and oxygen atoms in total. The van der Waals surface area contributed by atoms with Gasteiger partial charge in [0.25, 0.3) is 0 Å². The van der Waals surface area contributed by atoms with Gasteiger partial charge in [-0.05, 0) is 30.6 Å². The van der Waals surface area contributed by atoms with Gasteiger partial charge in [0.05, 0.1) is 0 Å².